The smallest absolute Gasteiger partial charge is 0.327 e. The van der Waals surface area contributed by atoms with E-state index in [0.717, 1.165) is 16.5 Å². The van der Waals surface area contributed by atoms with Crippen molar-refractivity contribution in [2.45, 2.75) is 6.92 Å². The summed E-state index contributed by atoms with van der Waals surface area (Å²) in [5.74, 6) is 0. The third-order valence-electron chi connectivity index (χ3n) is 2.73. The first-order valence-corrected chi connectivity index (χ1v) is 4.90. The van der Waals surface area contributed by atoms with E-state index >= 15 is 0 Å². The average Bonchev–Trinajstić information content (AvgIpc) is 2.57. The molecule has 5 heteroatoms. The molecule has 0 spiro atoms. The van der Waals surface area contributed by atoms with Gasteiger partial charge in [0.25, 0.3) is 5.56 Å². The highest BCUT2D eigenvalue weighted by molar-refractivity contribution is 6.06. The number of H-pyrrole nitrogens is 3. The number of aryl methyl sites for hydroxylation is 1. The highest BCUT2D eigenvalue weighted by Crippen LogP contribution is 2.22. The van der Waals surface area contributed by atoms with Gasteiger partial charge < -0.3 is 4.98 Å². The van der Waals surface area contributed by atoms with E-state index in [1.54, 1.807) is 0 Å². The molecule has 0 atom stereocenters. The first kappa shape index (κ1) is 8.96. The SMILES string of the molecule is Cc1cccc2c1[nH]c1[nH]c(=O)[nH]c(=O)c12. The van der Waals surface area contributed by atoms with Crippen LogP contribution in [0.3, 0.4) is 0 Å². The Bertz CT molecular complexity index is 807. The topological polar surface area (TPSA) is 81.5 Å². The third-order valence-corrected chi connectivity index (χ3v) is 2.73. The molecule has 0 unspecified atom stereocenters. The van der Waals surface area contributed by atoms with Gasteiger partial charge in [0, 0.05) is 5.39 Å². The third kappa shape index (κ3) is 1.05. The van der Waals surface area contributed by atoms with Crippen LogP contribution in [0.25, 0.3) is 21.9 Å². The maximum atomic E-state index is 11.7. The summed E-state index contributed by atoms with van der Waals surface area (Å²) >= 11 is 0. The van der Waals surface area contributed by atoms with Crippen LogP contribution in [-0.2, 0) is 0 Å². The second kappa shape index (κ2) is 2.85. The fraction of sp³-hybridized carbons (Fsp3) is 0.0909. The Hall–Kier alpha value is -2.30. The van der Waals surface area contributed by atoms with E-state index in [0.29, 0.717) is 11.0 Å². The van der Waals surface area contributed by atoms with Gasteiger partial charge in [-0.25, -0.2) is 4.79 Å². The van der Waals surface area contributed by atoms with Crippen LogP contribution < -0.4 is 11.2 Å². The number of hydrogen-bond donors (Lipinski definition) is 3. The summed E-state index contributed by atoms with van der Waals surface area (Å²) in [5, 5.41) is 1.32. The van der Waals surface area contributed by atoms with Crippen LogP contribution in [0.1, 0.15) is 5.56 Å². The van der Waals surface area contributed by atoms with E-state index in [2.05, 4.69) is 15.0 Å². The molecule has 1 aromatic carbocycles. The molecule has 0 amide bonds. The first-order valence-electron chi connectivity index (χ1n) is 4.90. The summed E-state index contributed by atoms with van der Waals surface area (Å²) in [6.07, 6.45) is 0. The molecule has 0 radical (unpaired) electrons. The van der Waals surface area contributed by atoms with Crippen molar-refractivity contribution in [2.24, 2.45) is 0 Å². The molecule has 2 aromatic heterocycles. The standard InChI is InChI=1S/C11H9N3O2/c1-5-3-2-4-6-7-9(12-8(5)6)13-11(16)14-10(7)15/h2-4H,1H3,(H3,12,13,14,15,16). The van der Waals surface area contributed by atoms with Gasteiger partial charge in [-0.3, -0.25) is 14.8 Å². The zero-order valence-corrected chi connectivity index (χ0v) is 8.55. The maximum Gasteiger partial charge on any atom is 0.327 e. The summed E-state index contributed by atoms with van der Waals surface area (Å²) in [7, 11) is 0. The Morgan fingerprint density at radius 1 is 1.06 bits per heavy atom. The van der Waals surface area contributed by atoms with Crippen LogP contribution in [0.4, 0.5) is 0 Å². The molecule has 0 bridgehead atoms. The molecule has 3 N–H and O–H groups in total. The predicted molar refractivity (Wildman–Crippen MR) is 61.8 cm³/mol. The van der Waals surface area contributed by atoms with Crippen molar-refractivity contribution < 1.29 is 0 Å². The molecule has 0 fully saturated rings. The number of para-hydroxylation sites is 1. The largest absolute Gasteiger partial charge is 0.340 e. The summed E-state index contributed by atoms with van der Waals surface area (Å²) in [6, 6.07) is 5.69. The second-order valence-electron chi connectivity index (χ2n) is 3.78. The molecule has 16 heavy (non-hydrogen) atoms. The van der Waals surface area contributed by atoms with Crippen molar-refractivity contribution in [3.05, 3.63) is 44.6 Å². The lowest BCUT2D eigenvalue weighted by atomic mass is 10.1. The van der Waals surface area contributed by atoms with Gasteiger partial charge in [-0.2, -0.15) is 0 Å². The monoisotopic (exact) mass is 215 g/mol. The second-order valence-corrected chi connectivity index (χ2v) is 3.78. The van der Waals surface area contributed by atoms with Crippen LogP contribution in [0.15, 0.2) is 27.8 Å². The molecule has 80 valence electrons. The molecule has 0 saturated carbocycles. The van der Waals surface area contributed by atoms with Crippen molar-refractivity contribution in [3.8, 4) is 0 Å². The molecular weight excluding hydrogens is 206 g/mol. The number of benzene rings is 1. The van der Waals surface area contributed by atoms with Crippen LogP contribution in [0, 0.1) is 6.92 Å². The Morgan fingerprint density at radius 3 is 2.69 bits per heavy atom. The van der Waals surface area contributed by atoms with Gasteiger partial charge in [0.1, 0.15) is 5.65 Å². The van der Waals surface area contributed by atoms with Gasteiger partial charge in [-0.1, -0.05) is 18.2 Å². The van der Waals surface area contributed by atoms with Gasteiger partial charge in [0.2, 0.25) is 0 Å². The van der Waals surface area contributed by atoms with Gasteiger partial charge in [-0.15, -0.1) is 0 Å². The van der Waals surface area contributed by atoms with E-state index in [4.69, 9.17) is 0 Å². The molecular formula is C11H9N3O2. The van der Waals surface area contributed by atoms with E-state index in [-0.39, 0.29) is 5.56 Å². The van der Waals surface area contributed by atoms with Crippen LogP contribution >= 0.6 is 0 Å². The minimum Gasteiger partial charge on any atom is -0.340 e. The minimum atomic E-state index is -0.498. The van der Waals surface area contributed by atoms with Crippen LogP contribution in [0.2, 0.25) is 0 Å². The number of hydrogen-bond acceptors (Lipinski definition) is 2. The van der Waals surface area contributed by atoms with E-state index < -0.39 is 5.69 Å². The zero-order valence-electron chi connectivity index (χ0n) is 8.55. The number of fused-ring (bicyclic) bond motifs is 3. The average molecular weight is 215 g/mol. The fourth-order valence-corrected chi connectivity index (χ4v) is 2.00. The first-order chi connectivity index (χ1) is 7.66. The zero-order chi connectivity index (χ0) is 11.3. The number of aromatic nitrogens is 3. The molecule has 0 aliphatic carbocycles. The van der Waals surface area contributed by atoms with Crippen molar-refractivity contribution >= 4 is 21.9 Å². The lowest BCUT2D eigenvalue weighted by Gasteiger charge is -1.93. The quantitative estimate of drug-likeness (QED) is 0.523. The lowest BCUT2D eigenvalue weighted by Crippen LogP contribution is -2.21. The maximum absolute atomic E-state index is 11.7. The fourth-order valence-electron chi connectivity index (χ4n) is 2.00. The molecule has 0 aliphatic rings. The van der Waals surface area contributed by atoms with Gasteiger partial charge >= 0.3 is 5.69 Å². The Balaban J connectivity index is 2.72. The van der Waals surface area contributed by atoms with Gasteiger partial charge in [0.15, 0.2) is 0 Å². The Kier molecular flexibility index (Phi) is 1.60. The number of aromatic amines is 3. The van der Waals surface area contributed by atoms with E-state index in [1.807, 2.05) is 25.1 Å². The Labute approximate surface area is 89.1 Å². The molecule has 5 nitrogen and oxygen atoms in total. The molecule has 0 aliphatic heterocycles. The normalized spacial score (nSPS) is 11.3. The Morgan fingerprint density at radius 2 is 1.88 bits per heavy atom. The number of rotatable bonds is 0. The number of nitrogens with one attached hydrogen (secondary N) is 3. The van der Waals surface area contributed by atoms with Gasteiger partial charge in [-0.05, 0) is 12.5 Å². The van der Waals surface area contributed by atoms with E-state index in [1.165, 1.54) is 0 Å². The molecule has 2 heterocycles. The van der Waals surface area contributed by atoms with Crippen LogP contribution in [0.5, 0.6) is 0 Å². The summed E-state index contributed by atoms with van der Waals surface area (Å²) < 4.78 is 0. The van der Waals surface area contributed by atoms with Crippen molar-refractivity contribution in [2.75, 3.05) is 0 Å². The highest BCUT2D eigenvalue weighted by atomic mass is 16.2. The van der Waals surface area contributed by atoms with Crippen LogP contribution in [-0.4, -0.2) is 15.0 Å². The summed E-state index contributed by atoms with van der Waals surface area (Å²) in [6.45, 7) is 1.95. The minimum absolute atomic E-state index is 0.365. The molecule has 3 aromatic rings. The molecule has 0 saturated heterocycles. The molecule has 3 rings (SSSR count). The van der Waals surface area contributed by atoms with Crippen molar-refractivity contribution in [1.82, 2.24) is 15.0 Å². The predicted octanol–water partition coefficient (Wildman–Crippen LogP) is 1.01. The summed E-state index contributed by atoms with van der Waals surface area (Å²) in [4.78, 5) is 30.7. The summed E-state index contributed by atoms with van der Waals surface area (Å²) in [5.41, 5.74) is 1.52. The highest BCUT2D eigenvalue weighted by Gasteiger charge is 2.09. The van der Waals surface area contributed by atoms with Crippen molar-refractivity contribution in [3.63, 3.8) is 0 Å². The van der Waals surface area contributed by atoms with E-state index in [9.17, 15) is 9.59 Å². The van der Waals surface area contributed by atoms with Gasteiger partial charge in [0.05, 0.1) is 10.9 Å². The lowest BCUT2D eigenvalue weighted by molar-refractivity contribution is 1.07. The van der Waals surface area contributed by atoms with Crippen molar-refractivity contribution in [1.29, 1.82) is 0 Å².